The summed E-state index contributed by atoms with van der Waals surface area (Å²) in [6, 6.07) is 9.05. The van der Waals surface area contributed by atoms with Crippen LogP contribution in [0, 0.1) is 11.8 Å². The maximum absolute atomic E-state index is 13.1. The van der Waals surface area contributed by atoms with E-state index >= 15 is 0 Å². The van der Waals surface area contributed by atoms with Gasteiger partial charge in [0.05, 0.1) is 18.1 Å². The first kappa shape index (κ1) is 14.2. The van der Waals surface area contributed by atoms with E-state index in [2.05, 4.69) is 6.58 Å². The fourth-order valence-electron chi connectivity index (χ4n) is 4.27. The Balaban J connectivity index is 1.85. The van der Waals surface area contributed by atoms with Crippen LogP contribution >= 0.6 is 0 Å². The van der Waals surface area contributed by atoms with Crippen molar-refractivity contribution in [3.63, 3.8) is 0 Å². The molecule has 3 heterocycles. The molecule has 3 aliphatic rings. The van der Waals surface area contributed by atoms with Crippen LogP contribution in [0.25, 0.3) is 0 Å². The van der Waals surface area contributed by atoms with Gasteiger partial charge in [-0.1, -0.05) is 36.4 Å². The Morgan fingerprint density at radius 2 is 2.13 bits per heavy atom. The number of hydrogen-bond acceptors (Lipinski definition) is 3. The van der Waals surface area contributed by atoms with Gasteiger partial charge in [0.2, 0.25) is 5.91 Å². The lowest BCUT2D eigenvalue weighted by Crippen LogP contribution is -2.45. The molecular weight excluding hydrogens is 294 g/mol. The third kappa shape index (κ3) is 1.71. The summed E-state index contributed by atoms with van der Waals surface area (Å²) < 4.78 is 6.04. The highest BCUT2D eigenvalue weighted by atomic mass is 16.5. The molecule has 5 heteroatoms. The molecule has 1 N–H and O–H groups in total. The van der Waals surface area contributed by atoms with Crippen LogP contribution in [0.1, 0.15) is 6.42 Å². The molecule has 0 aliphatic carbocycles. The molecule has 0 saturated carbocycles. The highest BCUT2D eigenvalue weighted by Crippen LogP contribution is 2.56. The van der Waals surface area contributed by atoms with Crippen molar-refractivity contribution in [3.05, 3.63) is 55.1 Å². The van der Waals surface area contributed by atoms with Gasteiger partial charge in [-0.05, 0) is 18.6 Å². The van der Waals surface area contributed by atoms with Crippen LogP contribution in [0.5, 0.6) is 0 Å². The average Bonchev–Trinajstić information content (AvgIpc) is 3.18. The van der Waals surface area contributed by atoms with Crippen molar-refractivity contribution in [2.75, 3.05) is 4.90 Å². The largest absolute Gasteiger partial charge is 0.481 e. The number of carboxylic acids is 1. The number of benzene rings is 1. The van der Waals surface area contributed by atoms with Gasteiger partial charge in [-0.3, -0.25) is 9.59 Å². The SMILES string of the molecule is C=CC[C@@H]1N(c2ccccc2)C(=O)[C@@H]2[C@@H](C(=O)O)[C@@H]3C=C[C@]21O3. The van der Waals surface area contributed by atoms with Crippen LogP contribution in [0.3, 0.4) is 0 Å². The summed E-state index contributed by atoms with van der Waals surface area (Å²) in [5.74, 6) is -2.66. The van der Waals surface area contributed by atoms with Gasteiger partial charge < -0.3 is 14.7 Å². The summed E-state index contributed by atoms with van der Waals surface area (Å²) in [5, 5.41) is 9.57. The number of rotatable bonds is 4. The maximum Gasteiger partial charge on any atom is 0.310 e. The van der Waals surface area contributed by atoms with E-state index in [9.17, 15) is 14.7 Å². The van der Waals surface area contributed by atoms with Crippen molar-refractivity contribution < 1.29 is 19.4 Å². The zero-order chi connectivity index (χ0) is 16.2. The first-order chi connectivity index (χ1) is 11.1. The molecule has 1 spiro atoms. The van der Waals surface area contributed by atoms with E-state index in [4.69, 9.17) is 4.74 Å². The van der Waals surface area contributed by atoms with Gasteiger partial charge in [0, 0.05) is 5.69 Å². The van der Waals surface area contributed by atoms with E-state index in [1.54, 1.807) is 17.1 Å². The van der Waals surface area contributed by atoms with Gasteiger partial charge in [-0.2, -0.15) is 0 Å². The highest BCUT2D eigenvalue weighted by Gasteiger charge is 2.71. The second-order valence-corrected chi connectivity index (χ2v) is 6.22. The van der Waals surface area contributed by atoms with Crippen LogP contribution in [0.4, 0.5) is 5.69 Å². The third-order valence-corrected chi connectivity index (χ3v) is 5.13. The molecule has 3 aliphatic heterocycles. The molecule has 2 bridgehead atoms. The van der Waals surface area contributed by atoms with Crippen LogP contribution in [-0.4, -0.2) is 34.7 Å². The van der Waals surface area contributed by atoms with Crippen molar-refractivity contribution in [1.82, 2.24) is 0 Å². The van der Waals surface area contributed by atoms with Gasteiger partial charge in [-0.15, -0.1) is 6.58 Å². The summed E-state index contributed by atoms with van der Waals surface area (Å²) in [4.78, 5) is 26.5. The van der Waals surface area contributed by atoms with Crippen molar-refractivity contribution in [3.8, 4) is 0 Å². The summed E-state index contributed by atoms with van der Waals surface area (Å²) >= 11 is 0. The van der Waals surface area contributed by atoms with Crippen molar-refractivity contribution >= 4 is 17.6 Å². The highest BCUT2D eigenvalue weighted by molar-refractivity contribution is 6.03. The summed E-state index contributed by atoms with van der Waals surface area (Å²) in [7, 11) is 0. The monoisotopic (exact) mass is 311 g/mol. The smallest absolute Gasteiger partial charge is 0.310 e. The normalized spacial score (nSPS) is 37.2. The average molecular weight is 311 g/mol. The molecule has 0 aromatic heterocycles. The third-order valence-electron chi connectivity index (χ3n) is 5.13. The Hall–Kier alpha value is -2.40. The minimum Gasteiger partial charge on any atom is -0.481 e. The van der Waals surface area contributed by atoms with E-state index in [1.807, 2.05) is 36.4 Å². The van der Waals surface area contributed by atoms with E-state index in [1.165, 1.54) is 0 Å². The summed E-state index contributed by atoms with van der Waals surface area (Å²) in [5.41, 5.74) is -0.104. The maximum atomic E-state index is 13.1. The standard InChI is InChI=1S/C18H17NO4/c1-2-6-13-18-10-9-12(23-18)14(17(21)22)15(18)16(20)19(13)11-7-4-3-5-8-11/h2-5,7-10,12-15H,1,6H2,(H,21,22)/t12-,13-,14-,15-,18+/m0/s1. The van der Waals surface area contributed by atoms with Gasteiger partial charge >= 0.3 is 5.97 Å². The van der Waals surface area contributed by atoms with Gasteiger partial charge in [-0.25, -0.2) is 0 Å². The molecule has 1 aromatic rings. The quantitative estimate of drug-likeness (QED) is 0.864. The lowest BCUT2D eigenvalue weighted by Gasteiger charge is -2.32. The van der Waals surface area contributed by atoms with Gasteiger partial charge in [0.1, 0.15) is 11.5 Å². The first-order valence-corrected chi connectivity index (χ1v) is 7.69. The van der Waals surface area contributed by atoms with Crippen LogP contribution in [0.15, 0.2) is 55.1 Å². The molecule has 2 saturated heterocycles. The molecule has 2 fully saturated rings. The molecule has 0 radical (unpaired) electrons. The molecule has 118 valence electrons. The summed E-state index contributed by atoms with van der Waals surface area (Å²) in [6.45, 7) is 3.79. The number of amides is 1. The second-order valence-electron chi connectivity index (χ2n) is 6.22. The number of carbonyl (C=O) groups is 2. The molecule has 5 atom stereocenters. The molecule has 1 aromatic carbocycles. The van der Waals surface area contributed by atoms with E-state index < -0.39 is 29.5 Å². The Kier molecular flexibility index (Phi) is 2.96. The van der Waals surface area contributed by atoms with Gasteiger partial charge in [0.25, 0.3) is 0 Å². The van der Waals surface area contributed by atoms with Crippen molar-refractivity contribution in [2.45, 2.75) is 24.2 Å². The van der Waals surface area contributed by atoms with Crippen LogP contribution in [0.2, 0.25) is 0 Å². The number of nitrogens with zero attached hydrogens (tertiary/aromatic N) is 1. The van der Waals surface area contributed by atoms with Crippen molar-refractivity contribution in [1.29, 1.82) is 0 Å². The minimum atomic E-state index is -0.980. The van der Waals surface area contributed by atoms with Crippen molar-refractivity contribution in [2.24, 2.45) is 11.8 Å². The molecule has 5 nitrogen and oxygen atoms in total. The van der Waals surface area contributed by atoms with E-state index in [0.717, 1.165) is 5.69 Å². The number of fused-ring (bicyclic) bond motifs is 1. The summed E-state index contributed by atoms with van der Waals surface area (Å²) in [6.07, 6.45) is 5.44. The molecular formula is C18H17NO4. The minimum absolute atomic E-state index is 0.178. The lowest BCUT2D eigenvalue weighted by atomic mass is 9.74. The predicted octanol–water partition coefficient (Wildman–Crippen LogP) is 2.00. The number of carbonyl (C=O) groups excluding carboxylic acids is 1. The number of carboxylic acid groups (broad SMARTS) is 1. The van der Waals surface area contributed by atoms with E-state index in [-0.39, 0.29) is 11.9 Å². The Morgan fingerprint density at radius 1 is 1.39 bits per heavy atom. The second kappa shape index (κ2) is 4.80. The topological polar surface area (TPSA) is 66.8 Å². The number of aliphatic carboxylic acids is 1. The number of para-hydroxylation sites is 1. The number of ether oxygens (including phenoxy) is 1. The molecule has 1 amide bonds. The van der Waals surface area contributed by atoms with Crippen LogP contribution in [-0.2, 0) is 14.3 Å². The van der Waals surface area contributed by atoms with Gasteiger partial charge in [0.15, 0.2) is 0 Å². The number of hydrogen-bond donors (Lipinski definition) is 1. The zero-order valence-electron chi connectivity index (χ0n) is 12.5. The Morgan fingerprint density at radius 3 is 2.78 bits per heavy atom. The molecule has 4 rings (SSSR count). The van der Waals surface area contributed by atoms with Crippen LogP contribution < -0.4 is 4.90 Å². The zero-order valence-corrected chi connectivity index (χ0v) is 12.5. The Labute approximate surface area is 133 Å². The first-order valence-electron chi connectivity index (χ1n) is 7.69. The molecule has 23 heavy (non-hydrogen) atoms. The fourth-order valence-corrected chi connectivity index (χ4v) is 4.27. The lowest BCUT2D eigenvalue weighted by molar-refractivity contribution is -0.146. The molecule has 0 unspecified atom stereocenters. The fraction of sp³-hybridized carbons (Fsp3) is 0.333. The van der Waals surface area contributed by atoms with E-state index in [0.29, 0.717) is 6.42 Å². The number of anilines is 1. The predicted molar refractivity (Wildman–Crippen MR) is 83.9 cm³/mol. The Bertz CT molecular complexity index is 713.